The van der Waals surface area contributed by atoms with Crippen LogP contribution >= 0.6 is 0 Å². The normalized spacial score (nSPS) is 20.5. The zero-order chi connectivity index (χ0) is 10.3. The van der Waals surface area contributed by atoms with Gasteiger partial charge in [-0.3, -0.25) is 0 Å². The van der Waals surface area contributed by atoms with E-state index in [-0.39, 0.29) is 6.03 Å². The van der Waals surface area contributed by atoms with Crippen LogP contribution in [-0.4, -0.2) is 30.1 Å². The summed E-state index contributed by atoms with van der Waals surface area (Å²) in [6.07, 6.45) is 2.03. The molecule has 1 N–H and O–H groups in total. The first-order chi connectivity index (χ1) is 7.34. The largest absolute Gasteiger partial charge is 0.336 e. The van der Waals surface area contributed by atoms with Gasteiger partial charge in [-0.2, -0.15) is 0 Å². The van der Waals surface area contributed by atoms with Gasteiger partial charge in [-0.15, -0.1) is 0 Å². The molecule has 1 heterocycles. The summed E-state index contributed by atoms with van der Waals surface area (Å²) < 4.78 is 0. The van der Waals surface area contributed by atoms with E-state index in [2.05, 4.69) is 29.6 Å². The third-order valence-electron chi connectivity index (χ3n) is 3.36. The molecule has 1 saturated heterocycles. The smallest absolute Gasteiger partial charge is 0.317 e. The summed E-state index contributed by atoms with van der Waals surface area (Å²) in [5, 5.41) is 2.86. The number of hydrogen-bond donors (Lipinski definition) is 1. The van der Waals surface area contributed by atoms with Crippen molar-refractivity contribution < 1.29 is 4.79 Å². The van der Waals surface area contributed by atoms with Gasteiger partial charge >= 0.3 is 6.03 Å². The molecule has 1 aromatic rings. The molecule has 15 heavy (non-hydrogen) atoms. The highest BCUT2D eigenvalue weighted by molar-refractivity contribution is 5.76. The van der Waals surface area contributed by atoms with Crippen LogP contribution in [0.25, 0.3) is 0 Å². The summed E-state index contributed by atoms with van der Waals surface area (Å²) in [5.74, 6) is 0. The second-order valence-electron chi connectivity index (χ2n) is 4.26. The maximum Gasteiger partial charge on any atom is 0.317 e. The number of benzene rings is 1. The van der Waals surface area contributed by atoms with E-state index in [9.17, 15) is 4.79 Å². The minimum atomic E-state index is 0.104. The molecule has 0 spiro atoms. The number of nitrogens with one attached hydrogen (secondary N) is 1. The van der Waals surface area contributed by atoms with E-state index in [0.717, 1.165) is 25.9 Å². The van der Waals surface area contributed by atoms with Crippen LogP contribution in [0.1, 0.15) is 11.1 Å². The number of rotatable bonds is 1. The predicted molar refractivity (Wildman–Crippen MR) is 57.7 cm³/mol. The van der Waals surface area contributed by atoms with Gasteiger partial charge < -0.3 is 10.2 Å². The van der Waals surface area contributed by atoms with Gasteiger partial charge in [0.1, 0.15) is 0 Å². The molecule has 3 heteroatoms. The van der Waals surface area contributed by atoms with Gasteiger partial charge in [0.2, 0.25) is 0 Å². The Kier molecular flexibility index (Phi) is 1.91. The van der Waals surface area contributed by atoms with Crippen LogP contribution in [0.15, 0.2) is 24.3 Å². The number of urea groups is 1. The molecule has 78 valence electrons. The average Bonchev–Trinajstić information content (AvgIpc) is 2.82. The lowest BCUT2D eigenvalue weighted by molar-refractivity contribution is 0.200. The minimum absolute atomic E-state index is 0.104. The predicted octanol–water partition coefficient (Wildman–Crippen LogP) is 1.18. The van der Waals surface area contributed by atoms with Crippen LogP contribution in [0.5, 0.6) is 0 Å². The van der Waals surface area contributed by atoms with Crippen molar-refractivity contribution in [2.75, 3.05) is 13.1 Å². The number of nitrogens with zero attached hydrogens (tertiary/aromatic N) is 1. The highest BCUT2D eigenvalue weighted by Gasteiger charge is 2.31. The average molecular weight is 202 g/mol. The molecular formula is C12H14N2O. The fourth-order valence-electron chi connectivity index (χ4n) is 2.59. The highest BCUT2D eigenvalue weighted by atomic mass is 16.2. The molecular weight excluding hydrogens is 188 g/mol. The second kappa shape index (κ2) is 3.26. The third-order valence-corrected chi connectivity index (χ3v) is 3.36. The number of amides is 2. The summed E-state index contributed by atoms with van der Waals surface area (Å²) in [6, 6.07) is 8.97. The van der Waals surface area contributed by atoms with E-state index < -0.39 is 0 Å². The van der Waals surface area contributed by atoms with E-state index >= 15 is 0 Å². The van der Waals surface area contributed by atoms with Crippen molar-refractivity contribution >= 4 is 6.03 Å². The first kappa shape index (κ1) is 8.77. The van der Waals surface area contributed by atoms with E-state index in [0.29, 0.717) is 6.04 Å². The van der Waals surface area contributed by atoms with Crippen molar-refractivity contribution in [1.29, 1.82) is 0 Å². The fourth-order valence-corrected chi connectivity index (χ4v) is 2.59. The molecule has 1 aliphatic carbocycles. The zero-order valence-corrected chi connectivity index (χ0v) is 8.57. The molecule has 3 rings (SSSR count). The van der Waals surface area contributed by atoms with Crippen LogP contribution in [0, 0.1) is 0 Å². The fraction of sp³-hybridized carbons (Fsp3) is 0.417. The number of carbonyl (C=O) groups is 1. The Labute approximate surface area is 89.1 Å². The molecule has 3 nitrogen and oxygen atoms in total. The first-order valence-electron chi connectivity index (χ1n) is 5.46. The molecule has 1 aliphatic heterocycles. The molecule has 0 bridgehead atoms. The molecule has 2 amide bonds. The standard InChI is InChI=1S/C12H14N2O/c15-12-13-5-6-14(12)11-7-9-3-1-2-4-10(9)8-11/h1-4,11H,5-8H2,(H,13,15). The van der Waals surface area contributed by atoms with Crippen LogP contribution in [0.3, 0.4) is 0 Å². The van der Waals surface area contributed by atoms with Gasteiger partial charge in [0.05, 0.1) is 0 Å². The molecule has 0 aromatic heterocycles. The van der Waals surface area contributed by atoms with Crippen molar-refractivity contribution in [3.63, 3.8) is 0 Å². The van der Waals surface area contributed by atoms with Crippen molar-refractivity contribution in [3.8, 4) is 0 Å². The number of carbonyl (C=O) groups excluding carboxylic acids is 1. The summed E-state index contributed by atoms with van der Waals surface area (Å²) in [4.78, 5) is 13.5. The Balaban J connectivity index is 1.81. The molecule has 0 atom stereocenters. The monoisotopic (exact) mass is 202 g/mol. The molecule has 0 saturated carbocycles. The summed E-state index contributed by atoms with van der Waals surface area (Å²) >= 11 is 0. The van der Waals surface area contributed by atoms with Crippen LogP contribution in [-0.2, 0) is 12.8 Å². The second-order valence-corrected chi connectivity index (χ2v) is 4.26. The maximum absolute atomic E-state index is 11.5. The Morgan fingerprint density at radius 1 is 1.20 bits per heavy atom. The van der Waals surface area contributed by atoms with Crippen LogP contribution in [0.2, 0.25) is 0 Å². The Morgan fingerprint density at radius 3 is 2.40 bits per heavy atom. The Hall–Kier alpha value is -1.51. The lowest BCUT2D eigenvalue weighted by Gasteiger charge is -2.21. The Morgan fingerprint density at radius 2 is 1.87 bits per heavy atom. The molecule has 0 radical (unpaired) electrons. The van der Waals surface area contributed by atoms with Gasteiger partial charge in [-0.1, -0.05) is 24.3 Å². The van der Waals surface area contributed by atoms with Gasteiger partial charge in [-0.05, 0) is 24.0 Å². The van der Waals surface area contributed by atoms with Crippen molar-refractivity contribution in [2.45, 2.75) is 18.9 Å². The zero-order valence-electron chi connectivity index (χ0n) is 8.57. The Bertz CT molecular complexity index is 377. The molecule has 1 aromatic carbocycles. The maximum atomic E-state index is 11.5. The van der Waals surface area contributed by atoms with Crippen LogP contribution in [0.4, 0.5) is 4.79 Å². The molecule has 0 unspecified atom stereocenters. The lowest BCUT2D eigenvalue weighted by atomic mass is 10.1. The van der Waals surface area contributed by atoms with Gasteiger partial charge in [-0.25, -0.2) is 4.79 Å². The highest BCUT2D eigenvalue weighted by Crippen LogP contribution is 2.25. The summed E-state index contributed by atoms with van der Waals surface area (Å²) in [7, 11) is 0. The van der Waals surface area contributed by atoms with E-state index in [4.69, 9.17) is 0 Å². The van der Waals surface area contributed by atoms with Crippen molar-refractivity contribution in [2.24, 2.45) is 0 Å². The van der Waals surface area contributed by atoms with Crippen molar-refractivity contribution in [3.05, 3.63) is 35.4 Å². The lowest BCUT2D eigenvalue weighted by Crippen LogP contribution is -2.38. The quantitative estimate of drug-likeness (QED) is 0.728. The van der Waals surface area contributed by atoms with Gasteiger partial charge in [0.25, 0.3) is 0 Å². The SMILES string of the molecule is O=C1NCCN1C1Cc2ccccc2C1. The van der Waals surface area contributed by atoms with Crippen molar-refractivity contribution in [1.82, 2.24) is 10.2 Å². The first-order valence-corrected chi connectivity index (χ1v) is 5.46. The third kappa shape index (κ3) is 1.39. The van der Waals surface area contributed by atoms with E-state index in [1.807, 2.05) is 4.90 Å². The molecule has 1 fully saturated rings. The van der Waals surface area contributed by atoms with E-state index in [1.165, 1.54) is 11.1 Å². The topological polar surface area (TPSA) is 32.3 Å². The van der Waals surface area contributed by atoms with E-state index in [1.54, 1.807) is 0 Å². The van der Waals surface area contributed by atoms with Gasteiger partial charge in [0, 0.05) is 19.1 Å². The number of hydrogen-bond acceptors (Lipinski definition) is 1. The van der Waals surface area contributed by atoms with Gasteiger partial charge in [0.15, 0.2) is 0 Å². The number of fused-ring (bicyclic) bond motifs is 1. The minimum Gasteiger partial charge on any atom is -0.336 e. The summed E-state index contributed by atoms with van der Waals surface area (Å²) in [6.45, 7) is 1.66. The summed E-state index contributed by atoms with van der Waals surface area (Å²) in [5.41, 5.74) is 2.81. The molecule has 2 aliphatic rings. The van der Waals surface area contributed by atoms with Crippen LogP contribution < -0.4 is 5.32 Å².